The van der Waals surface area contributed by atoms with E-state index in [1.165, 1.54) is 44.5 Å². The van der Waals surface area contributed by atoms with Gasteiger partial charge in [-0.05, 0) is 0 Å². The third-order valence-corrected chi connectivity index (χ3v) is 27.2. The summed E-state index contributed by atoms with van der Waals surface area (Å²) < 4.78 is 6.77. The van der Waals surface area contributed by atoms with E-state index in [1.54, 1.807) is 22.3 Å². The van der Waals surface area contributed by atoms with Gasteiger partial charge < -0.3 is 0 Å². The second-order valence-electron chi connectivity index (χ2n) is 16.9. The molecule has 46 heavy (non-hydrogen) atoms. The van der Waals surface area contributed by atoms with Crippen molar-refractivity contribution in [2.75, 3.05) is 0 Å². The van der Waals surface area contributed by atoms with Crippen molar-refractivity contribution in [1.29, 1.82) is 0 Å². The molecule has 0 spiro atoms. The van der Waals surface area contributed by atoms with E-state index in [4.69, 9.17) is 0 Å². The predicted molar refractivity (Wildman–Crippen MR) is 197 cm³/mol. The standard InChI is InChI=1S/C43H46.2CH3.Hf/c1-9-43(10-2,35-25-31-13-11-15-37(39(31)27-35)29-17-21-33(22-18-29)41(3,4)5)36-26-32-14-12-16-38(40(32)28-36)30-19-23-34(24-20-30)42(6,7)8;;;/h11-28H,9-10H2,1-8H3;2*1H3;. The number of hydrogen-bond donors (Lipinski definition) is 0. The summed E-state index contributed by atoms with van der Waals surface area (Å²) in [6.45, 7) is 18.7. The Morgan fingerprint density at radius 1 is 0.543 bits per heavy atom. The second kappa shape index (κ2) is 10.9. The zero-order valence-electron chi connectivity index (χ0n) is 29.8. The fourth-order valence-electron chi connectivity index (χ4n) is 9.44. The average molecular weight is 771 g/mol. The van der Waals surface area contributed by atoms with Crippen molar-refractivity contribution < 1.29 is 20.0 Å². The van der Waals surface area contributed by atoms with E-state index >= 15 is 0 Å². The van der Waals surface area contributed by atoms with Crippen molar-refractivity contribution in [3.63, 3.8) is 0 Å². The Kier molecular flexibility index (Phi) is 7.52. The van der Waals surface area contributed by atoms with Gasteiger partial charge in [-0.2, -0.15) is 0 Å². The van der Waals surface area contributed by atoms with E-state index in [0.29, 0.717) is 7.35 Å². The molecular formula is C45H52Hf. The van der Waals surface area contributed by atoms with Crippen LogP contribution >= 0.6 is 0 Å². The van der Waals surface area contributed by atoms with Crippen molar-refractivity contribution in [3.8, 4) is 22.3 Å². The van der Waals surface area contributed by atoms with Crippen LogP contribution in [0.3, 0.4) is 0 Å². The quantitative estimate of drug-likeness (QED) is 0.181. The minimum absolute atomic E-state index is 0.101. The van der Waals surface area contributed by atoms with Gasteiger partial charge in [-0.25, -0.2) is 0 Å². The summed E-state index contributed by atoms with van der Waals surface area (Å²) in [7, 11) is 0. The van der Waals surface area contributed by atoms with Gasteiger partial charge in [0.2, 0.25) is 0 Å². The van der Waals surface area contributed by atoms with Crippen molar-refractivity contribution in [2.45, 2.75) is 95.8 Å². The minimum atomic E-state index is -3.10. The molecular weight excluding hydrogens is 719 g/mol. The van der Waals surface area contributed by atoms with Crippen LogP contribution in [0.15, 0.2) is 96.1 Å². The van der Waals surface area contributed by atoms with Crippen LogP contribution in [0.25, 0.3) is 34.4 Å². The van der Waals surface area contributed by atoms with Gasteiger partial charge in [0, 0.05) is 0 Å². The second-order valence-corrected chi connectivity index (χ2v) is 34.2. The molecule has 2 atom stereocenters. The Balaban J connectivity index is 1.39. The summed E-state index contributed by atoms with van der Waals surface area (Å²) in [4.78, 5) is 0. The van der Waals surface area contributed by atoms with E-state index < -0.39 is 20.0 Å². The first-order chi connectivity index (χ1) is 21.7. The number of benzene rings is 4. The molecule has 0 aromatic heterocycles. The van der Waals surface area contributed by atoms with Crippen LogP contribution in [0, 0.1) is 5.41 Å². The summed E-state index contributed by atoms with van der Waals surface area (Å²) in [5.41, 5.74) is 18.4. The van der Waals surface area contributed by atoms with Gasteiger partial charge in [-0.1, -0.05) is 0 Å². The van der Waals surface area contributed by atoms with Crippen LogP contribution in [-0.4, -0.2) is 0 Å². The van der Waals surface area contributed by atoms with E-state index in [9.17, 15) is 0 Å². The molecule has 1 saturated heterocycles. The van der Waals surface area contributed by atoms with Gasteiger partial charge in [0.15, 0.2) is 0 Å². The van der Waals surface area contributed by atoms with Crippen LogP contribution in [0.1, 0.15) is 109 Å². The Morgan fingerprint density at radius 3 is 1.24 bits per heavy atom. The van der Waals surface area contributed by atoms with Crippen LogP contribution in [-0.2, 0) is 30.8 Å². The van der Waals surface area contributed by atoms with E-state index in [0.717, 1.165) is 12.8 Å². The van der Waals surface area contributed by atoms with E-state index in [-0.39, 0.29) is 16.2 Å². The van der Waals surface area contributed by atoms with E-state index in [1.807, 2.05) is 0 Å². The molecule has 236 valence electrons. The van der Waals surface area contributed by atoms with Crippen molar-refractivity contribution in [1.82, 2.24) is 0 Å². The number of rotatable bonds is 4. The molecule has 0 bridgehead atoms. The molecule has 0 nitrogen and oxygen atoms in total. The zero-order chi connectivity index (χ0) is 32.8. The van der Waals surface area contributed by atoms with Gasteiger partial charge in [0.1, 0.15) is 0 Å². The van der Waals surface area contributed by atoms with E-state index in [2.05, 4.69) is 162 Å². The fourth-order valence-corrected chi connectivity index (χ4v) is 26.5. The first kappa shape index (κ1) is 31.8. The third kappa shape index (κ3) is 4.69. The summed E-state index contributed by atoms with van der Waals surface area (Å²) >= 11 is -3.10. The Bertz CT molecular complexity index is 1740. The molecule has 0 radical (unpaired) electrons. The fraction of sp³-hybridized carbons (Fsp3) is 0.378. The van der Waals surface area contributed by atoms with Gasteiger partial charge in [0.05, 0.1) is 0 Å². The molecule has 1 heterocycles. The Morgan fingerprint density at radius 2 is 0.913 bits per heavy atom. The van der Waals surface area contributed by atoms with Crippen molar-refractivity contribution in [2.24, 2.45) is 5.41 Å². The summed E-state index contributed by atoms with van der Waals surface area (Å²) in [6, 6.07) is 33.2. The SMILES string of the molecule is CCC1(CC)C2=Cc3c(-c4ccc(C(C)(C)C)cc4)cccc3[CH]2[Hf]([CH3])([CH3])[CH]2C1=Cc1c(-c3ccc(C(C)(C)C)cc3)cccc12. The molecule has 2 unspecified atom stereocenters. The molecule has 4 aromatic carbocycles. The van der Waals surface area contributed by atoms with Gasteiger partial charge in [0.25, 0.3) is 0 Å². The average Bonchev–Trinajstić information content (AvgIpc) is 3.62. The molecule has 0 saturated carbocycles. The summed E-state index contributed by atoms with van der Waals surface area (Å²) in [5.74, 6) is 0. The van der Waals surface area contributed by atoms with Crippen LogP contribution in [0.5, 0.6) is 0 Å². The molecule has 7 rings (SSSR count). The molecule has 2 aliphatic carbocycles. The van der Waals surface area contributed by atoms with Crippen LogP contribution in [0.2, 0.25) is 9.36 Å². The molecule has 0 N–H and O–H groups in total. The first-order valence-electron chi connectivity index (χ1n) is 17.6. The topological polar surface area (TPSA) is 0 Å². The molecule has 1 heteroatoms. The van der Waals surface area contributed by atoms with Crippen molar-refractivity contribution >= 4 is 12.2 Å². The molecule has 4 aromatic rings. The first-order valence-corrected chi connectivity index (χ1v) is 29.0. The predicted octanol–water partition coefficient (Wildman–Crippen LogP) is 13.3. The maximum atomic E-state index is 2.78. The summed E-state index contributed by atoms with van der Waals surface area (Å²) in [5, 5.41) is 0. The third-order valence-electron chi connectivity index (χ3n) is 12.0. The van der Waals surface area contributed by atoms with Crippen LogP contribution < -0.4 is 0 Å². The zero-order valence-corrected chi connectivity index (χ0v) is 33.4. The van der Waals surface area contributed by atoms with Gasteiger partial charge in [-0.15, -0.1) is 0 Å². The Labute approximate surface area is 283 Å². The monoisotopic (exact) mass is 772 g/mol. The van der Waals surface area contributed by atoms with Gasteiger partial charge in [-0.3, -0.25) is 0 Å². The summed E-state index contributed by atoms with van der Waals surface area (Å²) in [6.07, 6.45) is 7.69. The maximum absolute atomic E-state index is 3.10. The van der Waals surface area contributed by atoms with Gasteiger partial charge >= 0.3 is 285 Å². The van der Waals surface area contributed by atoms with Crippen LogP contribution in [0.4, 0.5) is 0 Å². The Hall–Kier alpha value is -2.77. The molecule has 1 aliphatic heterocycles. The molecule has 1 fully saturated rings. The van der Waals surface area contributed by atoms with Crippen molar-refractivity contribution in [3.05, 3.63) is 129 Å². The molecule has 3 aliphatic rings. The number of allylic oxidation sites excluding steroid dienone is 2. The number of hydrogen-bond acceptors (Lipinski definition) is 0. The normalized spacial score (nSPS) is 20.7. The number of fused-ring (bicyclic) bond motifs is 6. The molecule has 0 amide bonds.